The van der Waals surface area contributed by atoms with Crippen LogP contribution in [0.15, 0.2) is 12.3 Å². The number of nitrogens with zero attached hydrogens (tertiary/aromatic N) is 1. The Morgan fingerprint density at radius 1 is 1.62 bits per heavy atom. The molecule has 0 bridgehead atoms. The second-order valence-corrected chi connectivity index (χ2v) is 4.39. The standard InChI is InChI=1S/C12H17N3O/c1-8-4-5-15-12(13)11(8)10(16)7-14-6-9-2-3-9/h4-5,9,14H,2-3,6-7H2,1H3,(H2,13,15). The summed E-state index contributed by atoms with van der Waals surface area (Å²) in [5, 5.41) is 3.17. The van der Waals surface area contributed by atoms with Crippen molar-refractivity contribution >= 4 is 11.6 Å². The normalized spacial score (nSPS) is 15.1. The van der Waals surface area contributed by atoms with Crippen LogP contribution in [0, 0.1) is 12.8 Å². The first kappa shape index (κ1) is 11.1. The Hall–Kier alpha value is -1.42. The molecule has 1 fully saturated rings. The van der Waals surface area contributed by atoms with E-state index in [0.29, 0.717) is 17.9 Å². The molecule has 1 aliphatic carbocycles. The topological polar surface area (TPSA) is 68.0 Å². The van der Waals surface area contributed by atoms with Gasteiger partial charge in [0.05, 0.1) is 12.1 Å². The van der Waals surface area contributed by atoms with E-state index in [1.165, 1.54) is 12.8 Å². The first-order chi connectivity index (χ1) is 7.68. The maximum atomic E-state index is 11.9. The zero-order valence-corrected chi connectivity index (χ0v) is 9.49. The number of nitrogen functional groups attached to an aromatic ring is 1. The van der Waals surface area contributed by atoms with Gasteiger partial charge in [-0.2, -0.15) is 0 Å². The molecule has 1 aromatic rings. The lowest BCUT2D eigenvalue weighted by Gasteiger charge is -2.07. The van der Waals surface area contributed by atoms with Crippen molar-refractivity contribution in [3.8, 4) is 0 Å². The second-order valence-electron chi connectivity index (χ2n) is 4.39. The van der Waals surface area contributed by atoms with Gasteiger partial charge in [-0.05, 0) is 43.9 Å². The molecule has 0 spiro atoms. The number of pyridine rings is 1. The van der Waals surface area contributed by atoms with Crippen LogP contribution in [0.25, 0.3) is 0 Å². The number of aryl methyl sites for hydroxylation is 1. The van der Waals surface area contributed by atoms with Crippen LogP contribution in [0.2, 0.25) is 0 Å². The highest BCUT2D eigenvalue weighted by Gasteiger charge is 2.21. The number of rotatable bonds is 5. The monoisotopic (exact) mass is 219 g/mol. The van der Waals surface area contributed by atoms with Crippen molar-refractivity contribution < 1.29 is 4.79 Å². The van der Waals surface area contributed by atoms with Crippen LogP contribution in [-0.4, -0.2) is 23.9 Å². The summed E-state index contributed by atoms with van der Waals surface area (Å²) >= 11 is 0. The Balaban J connectivity index is 1.96. The van der Waals surface area contributed by atoms with E-state index in [1.54, 1.807) is 6.20 Å². The Bertz CT molecular complexity index is 379. The molecular formula is C12H17N3O. The lowest BCUT2D eigenvalue weighted by molar-refractivity contribution is 0.0991. The molecule has 4 nitrogen and oxygen atoms in total. The van der Waals surface area contributed by atoms with E-state index in [2.05, 4.69) is 10.3 Å². The molecule has 0 radical (unpaired) electrons. The van der Waals surface area contributed by atoms with Crippen molar-refractivity contribution in [2.24, 2.45) is 5.92 Å². The fourth-order valence-electron chi connectivity index (χ4n) is 1.74. The van der Waals surface area contributed by atoms with Gasteiger partial charge < -0.3 is 11.1 Å². The number of anilines is 1. The zero-order chi connectivity index (χ0) is 11.5. The molecule has 0 unspecified atom stereocenters. The minimum Gasteiger partial charge on any atom is -0.383 e. The first-order valence-electron chi connectivity index (χ1n) is 5.63. The number of carbonyl (C=O) groups is 1. The molecule has 1 heterocycles. The highest BCUT2D eigenvalue weighted by atomic mass is 16.1. The minimum atomic E-state index is 0.0313. The number of hydrogen-bond donors (Lipinski definition) is 2. The first-order valence-corrected chi connectivity index (χ1v) is 5.63. The fraction of sp³-hybridized carbons (Fsp3) is 0.500. The third kappa shape index (κ3) is 2.58. The number of carbonyl (C=O) groups excluding carboxylic acids is 1. The van der Waals surface area contributed by atoms with Crippen LogP contribution >= 0.6 is 0 Å². The van der Waals surface area contributed by atoms with E-state index >= 15 is 0 Å². The Labute approximate surface area is 95.3 Å². The maximum Gasteiger partial charge on any atom is 0.180 e. The summed E-state index contributed by atoms with van der Waals surface area (Å²) in [6.07, 6.45) is 4.20. The van der Waals surface area contributed by atoms with Crippen LogP contribution in [0.1, 0.15) is 28.8 Å². The average molecular weight is 219 g/mol. The third-order valence-electron chi connectivity index (χ3n) is 2.88. The smallest absolute Gasteiger partial charge is 0.180 e. The summed E-state index contributed by atoms with van der Waals surface area (Å²) in [4.78, 5) is 15.9. The Morgan fingerprint density at radius 2 is 2.38 bits per heavy atom. The highest BCUT2D eigenvalue weighted by Crippen LogP contribution is 2.27. The van der Waals surface area contributed by atoms with Crippen LogP contribution in [0.3, 0.4) is 0 Å². The van der Waals surface area contributed by atoms with Gasteiger partial charge in [-0.3, -0.25) is 4.79 Å². The van der Waals surface area contributed by atoms with Gasteiger partial charge in [0.25, 0.3) is 0 Å². The van der Waals surface area contributed by atoms with Crippen LogP contribution in [0.4, 0.5) is 5.82 Å². The molecule has 0 atom stereocenters. The number of nitrogens with one attached hydrogen (secondary N) is 1. The molecule has 86 valence electrons. The number of aromatic nitrogens is 1. The average Bonchev–Trinajstić information content (AvgIpc) is 3.01. The SMILES string of the molecule is Cc1ccnc(N)c1C(=O)CNCC1CC1. The number of nitrogens with two attached hydrogens (primary N) is 1. The van der Waals surface area contributed by atoms with Gasteiger partial charge in [0, 0.05) is 6.20 Å². The lowest BCUT2D eigenvalue weighted by atomic mass is 10.1. The Morgan fingerprint density at radius 3 is 3.00 bits per heavy atom. The molecular weight excluding hydrogens is 202 g/mol. The summed E-state index contributed by atoms with van der Waals surface area (Å²) in [6, 6.07) is 1.81. The van der Waals surface area contributed by atoms with Gasteiger partial charge in [-0.25, -0.2) is 4.98 Å². The van der Waals surface area contributed by atoms with Crippen LogP contribution in [-0.2, 0) is 0 Å². The molecule has 2 rings (SSSR count). The molecule has 0 aliphatic heterocycles. The van der Waals surface area contributed by atoms with E-state index in [-0.39, 0.29) is 5.78 Å². The summed E-state index contributed by atoms with van der Waals surface area (Å²) < 4.78 is 0. The van der Waals surface area contributed by atoms with Gasteiger partial charge in [-0.15, -0.1) is 0 Å². The third-order valence-corrected chi connectivity index (χ3v) is 2.88. The highest BCUT2D eigenvalue weighted by molar-refractivity contribution is 6.02. The number of Topliss-reactive ketones (excluding diaryl/α,β-unsaturated/α-hetero) is 1. The molecule has 0 aromatic carbocycles. The van der Waals surface area contributed by atoms with Gasteiger partial charge >= 0.3 is 0 Å². The molecule has 1 aromatic heterocycles. The van der Waals surface area contributed by atoms with Crippen molar-refractivity contribution in [1.82, 2.24) is 10.3 Å². The van der Waals surface area contributed by atoms with E-state index in [1.807, 2.05) is 13.0 Å². The molecule has 1 aliphatic rings. The number of hydrogen-bond acceptors (Lipinski definition) is 4. The van der Waals surface area contributed by atoms with Crippen molar-refractivity contribution in [2.45, 2.75) is 19.8 Å². The largest absolute Gasteiger partial charge is 0.383 e. The van der Waals surface area contributed by atoms with Gasteiger partial charge in [-0.1, -0.05) is 0 Å². The van der Waals surface area contributed by atoms with Crippen LogP contribution in [0.5, 0.6) is 0 Å². The summed E-state index contributed by atoms with van der Waals surface area (Å²) in [5.74, 6) is 1.14. The predicted molar refractivity (Wildman–Crippen MR) is 63.3 cm³/mol. The summed E-state index contributed by atoms with van der Waals surface area (Å²) in [5.41, 5.74) is 7.16. The van der Waals surface area contributed by atoms with Gasteiger partial charge in [0.15, 0.2) is 5.78 Å². The molecule has 16 heavy (non-hydrogen) atoms. The molecule has 0 saturated heterocycles. The quantitative estimate of drug-likeness (QED) is 0.729. The molecule has 0 amide bonds. The maximum absolute atomic E-state index is 11.9. The summed E-state index contributed by atoms with van der Waals surface area (Å²) in [6.45, 7) is 3.17. The van der Waals surface area contributed by atoms with Crippen molar-refractivity contribution in [3.63, 3.8) is 0 Å². The molecule has 3 N–H and O–H groups in total. The van der Waals surface area contributed by atoms with E-state index < -0.39 is 0 Å². The van der Waals surface area contributed by atoms with Crippen molar-refractivity contribution in [1.29, 1.82) is 0 Å². The summed E-state index contributed by atoms with van der Waals surface area (Å²) in [7, 11) is 0. The van der Waals surface area contributed by atoms with E-state index in [0.717, 1.165) is 18.0 Å². The molecule has 4 heteroatoms. The van der Waals surface area contributed by atoms with Crippen molar-refractivity contribution in [3.05, 3.63) is 23.4 Å². The van der Waals surface area contributed by atoms with Crippen LogP contribution < -0.4 is 11.1 Å². The fourth-order valence-corrected chi connectivity index (χ4v) is 1.74. The molecule has 1 saturated carbocycles. The lowest BCUT2D eigenvalue weighted by Crippen LogP contribution is -2.26. The van der Waals surface area contributed by atoms with E-state index in [4.69, 9.17) is 5.73 Å². The van der Waals surface area contributed by atoms with Gasteiger partial charge in [0.2, 0.25) is 0 Å². The number of ketones is 1. The van der Waals surface area contributed by atoms with Gasteiger partial charge in [0.1, 0.15) is 5.82 Å². The van der Waals surface area contributed by atoms with E-state index in [9.17, 15) is 4.79 Å². The Kier molecular flexibility index (Phi) is 3.19. The zero-order valence-electron chi connectivity index (χ0n) is 9.49. The minimum absolute atomic E-state index is 0.0313. The second kappa shape index (κ2) is 4.61. The predicted octanol–water partition coefficient (Wildman–Crippen LogP) is 1.15. The van der Waals surface area contributed by atoms with Crippen molar-refractivity contribution in [2.75, 3.05) is 18.8 Å².